The summed E-state index contributed by atoms with van der Waals surface area (Å²) in [7, 11) is 5.53. The third-order valence-electron chi connectivity index (χ3n) is 11.2. The van der Waals surface area contributed by atoms with Gasteiger partial charge in [-0.3, -0.25) is 14.5 Å². The molecule has 0 radical (unpaired) electrons. The maximum Gasteiger partial charge on any atom is 0.319 e. The van der Waals surface area contributed by atoms with E-state index >= 15 is 0 Å². The van der Waals surface area contributed by atoms with Gasteiger partial charge in [0.2, 0.25) is 0 Å². The molecule has 274 valence electrons. The number of ether oxygens (including phenoxy) is 4. The number of rotatable bonds is 9. The number of cyclic esters (lactones) is 1. The Labute approximate surface area is 286 Å². The fourth-order valence-electron chi connectivity index (χ4n) is 8.39. The summed E-state index contributed by atoms with van der Waals surface area (Å²) in [5, 5.41) is 11.4. The van der Waals surface area contributed by atoms with Gasteiger partial charge < -0.3 is 33.9 Å². The normalized spacial score (nSPS) is 37.8. The standard InChI is InChI=1S/C37H69N3O7/c1-13-40-22-25(4)20-37(9,44-12)33(47-34-31(41)30(38(10)11)18-26(5)46-34)27(6)32(42)36(7,8)35(43)45-23-29(40)19-28-14-16-39(17-15-28)21-24(2)3/h24-31,33-34,41H,13-23H2,1-12H3/t25-,26-,27+,29-,30+,31-,33-,34+,37-/m1/s1. The van der Waals surface area contributed by atoms with Crippen molar-refractivity contribution < 1.29 is 33.6 Å². The minimum absolute atomic E-state index is 0.0632. The van der Waals surface area contributed by atoms with Crippen LogP contribution in [0.1, 0.15) is 94.4 Å². The highest BCUT2D eigenvalue weighted by atomic mass is 16.7. The van der Waals surface area contributed by atoms with Gasteiger partial charge in [0.25, 0.3) is 0 Å². The molecule has 3 fully saturated rings. The molecule has 10 nitrogen and oxygen atoms in total. The van der Waals surface area contributed by atoms with E-state index in [9.17, 15) is 14.7 Å². The van der Waals surface area contributed by atoms with E-state index in [1.807, 2.05) is 32.8 Å². The van der Waals surface area contributed by atoms with Gasteiger partial charge in [0.05, 0.1) is 17.8 Å². The van der Waals surface area contributed by atoms with Gasteiger partial charge in [-0.1, -0.05) is 34.6 Å². The predicted molar refractivity (Wildman–Crippen MR) is 185 cm³/mol. The third kappa shape index (κ3) is 10.2. The number of carbonyl (C=O) groups excluding carboxylic acids is 2. The number of Topliss-reactive ketones (excluding diaryl/α,β-unsaturated/α-hetero) is 1. The van der Waals surface area contributed by atoms with Crippen LogP contribution in [0.5, 0.6) is 0 Å². The fourth-order valence-corrected chi connectivity index (χ4v) is 8.39. The van der Waals surface area contributed by atoms with Crippen molar-refractivity contribution in [3.05, 3.63) is 0 Å². The molecule has 0 bridgehead atoms. The molecule has 0 amide bonds. The highest BCUT2D eigenvalue weighted by Crippen LogP contribution is 2.38. The number of likely N-dealkylation sites (N-methyl/N-ethyl adjacent to an activating group) is 2. The van der Waals surface area contributed by atoms with Crippen LogP contribution < -0.4 is 0 Å². The molecular formula is C37H69N3O7. The molecule has 0 saturated carbocycles. The molecule has 0 spiro atoms. The number of hydrogen-bond donors (Lipinski definition) is 1. The van der Waals surface area contributed by atoms with Crippen molar-refractivity contribution in [2.45, 2.75) is 137 Å². The van der Waals surface area contributed by atoms with E-state index in [2.05, 4.69) is 37.5 Å². The molecule has 3 aliphatic heterocycles. The number of aliphatic hydroxyl groups is 1. The molecule has 0 aromatic rings. The van der Waals surface area contributed by atoms with Gasteiger partial charge in [-0.15, -0.1) is 0 Å². The Morgan fingerprint density at radius 2 is 1.72 bits per heavy atom. The Morgan fingerprint density at radius 3 is 2.28 bits per heavy atom. The lowest BCUT2D eigenvalue weighted by atomic mass is 9.74. The second-order valence-electron chi connectivity index (χ2n) is 16.4. The first-order chi connectivity index (χ1) is 21.9. The van der Waals surface area contributed by atoms with Crippen molar-refractivity contribution >= 4 is 11.8 Å². The number of piperidine rings is 1. The predicted octanol–water partition coefficient (Wildman–Crippen LogP) is 4.47. The molecule has 9 atom stereocenters. The number of aliphatic hydroxyl groups excluding tert-OH is 1. The van der Waals surface area contributed by atoms with Crippen molar-refractivity contribution in [2.75, 3.05) is 60.5 Å². The summed E-state index contributed by atoms with van der Waals surface area (Å²) in [5.74, 6) is -0.119. The van der Waals surface area contributed by atoms with Crippen LogP contribution in [0.2, 0.25) is 0 Å². The molecule has 10 heteroatoms. The largest absolute Gasteiger partial charge is 0.463 e. The van der Waals surface area contributed by atoms with Gasteiger partial charge in [0.1, 0.15) is 18.1 Å². The molecule has 0 aromatic heterocycles. The van der Waals surface area contributed by atoms with E-state index in [-0.39, 0.29) is 36.5 Å². The number of likely N-dealkylation sites (tertiary alicyclic amines) is 1. The van der Waals surface area contributed by atoms with Gasteiger partial charge in [0.15, 0.2) is 12.1 Å². The fraction of sp³-hybridized carbons (Fsp3) is 0.946. The molecule has 3 saturated heterocycles. The average molecular weight is 668 g/mol. The number of carbonyl (C=O) groups is 2. The first-order valence-electron chi connectivity index (χ1n) is 18.3. The first kappa shape index (κ1) is 40.3. The lowest BCUT2D eigenvalue weighted by Crippen LogP contribution is -2.59. The van der Waals surface area contributed by atoms with Crippen molar-refractivity contribution in [1.82, 2.24) is 14.7 Å². The van der Waals surface area contributed by atoms with Gasteiger partial charge >= 0.3 is 5.97 Å². The summed E-state index contributed by atoms with van der Waals surface area (Å²) in [4.78, 5) is 35.1. The van der Waals surface area contributed by atoms with Gasteiger partial charge in [-0.25, -0.2) is 0 Å². The van der Waals surface area contributed by atoms with Crippen molar-refractivity contribution in [2.24, 2.45) is 29.1 Å². The van der Waals surface area contributed by atoms with Crippen LogP contribution in [-0.4, -0.2) is 134 Å². The van der Waals surface area contributed by atoms with Crippen LogP contribution in [0.3, 0.4) is 0 Å². The maximum atomic E-state index is 14.3. The molecular weight excluding hydrogens is 598 g/mol. The van der Waals surface area contributed by atoms with Crippen LogP contribution in [0.25, 0.3) is 0 Å². The Bertz CT molecular complexity index is 1000. The minimum atomic E-state index is -1.40. The Morgan fingerprint density at radius 1 is 1.09 bits per heavy atom. The van der Waals surface area contributed by atoms with Gasteiger partial charge in [-0.2, -0.15) is 0 Å². The number of esters is 1. The van der Waals surface area contributed by atoms with E-state index in [0.29, 0.717) is 24.7 Å². The van der Waals surface area contributed by atoms with E-state index in [1.165, 1.54) is 0 Å². The van der Waals surface area contributed by atoms with Gasteiger partial charge in [-0.05, 0) is 111 Å². The summed E-state index contributed by atoms with van der Waals surface area (Å²) >= 11 is 0. The van der Waals surface area contributed by atoms with Crippen LogP contribution in [0.15, 0.2) is 0 Å². The smallest absolute Gasteiger partial charge is 0.319 e. The lowest BCUT2D eigenvalue weighted by molar-refractivity contribution is -0.295. The van der Waals surface area contributed by atoms with Crippen LogP contribution >= 0.6 is 0 Å². The number of ketones is 1. The minimum Gasteiger partial charge on any atom is -0.463 e. The third-order valence-corrected chi connectivity index (χ3v) is 11.2. The molecule has 0 aromatic carbocycles. The molecule has 3 heterocycles. The van der Waals surface area contributed by atoms with Crippen LogP contribution in [-0.2, 0) is 28.5 Å². The van der Waals surface area contributed by atoms with Crippen molar-refractivity contribution in [3.8, 4) is 0 Å². The monoisotopic (exact) mass is 668 g/mol. The number of hydrogen-bond acceptors (Lipinski definition) is 10. The quantitative estimate of drug-likeness (QED) is 0.280. The summed E-state index contributed by atoms with van der Waals surface area (Å²) in [6.45, 7) is 23.3. The Hall–Kier alpha value is -1.14. The van der Waals surface area contributed by atoms with Crippen molar-refractivity contribution in [1.29, 1.82) is 0 Å². The van der Waals surface area contributed by atoms with Gasteiger partial charge in [0, 0.05) is 38.2 Å². The summed E-state index contributed by atoms with van der Waals surface area (Å²) < 4.78 is 25.2. The Kier molecular flexibility index (Phi) is 14.7. The zero-order chi connectivity index (χ0) is 35.3. The van der Waals surface area contributed by atoms with Crippen LogP contribution in [0, 0.1) is 29.1 Å². The molecule has 1 N–H and O–H groups in total. The van der Waals surface area contributed by atoms with Crippen LogP contribution in [0.4, 0.5) is 0 Å². The van der Waals surface area contributed by atoms with Crippen molar-refractivity contribution in [3.63, 3.8) is 0 Å². The molecule has 3 aliphatic rings. The second kappa shape index (κ2) is 17.2. The molecule has 47 heavy (non-hydrogen) atoms. The molecule has 0 unspecified atom stereocenters. The topological polar surface area (TPSA) is 101 Å². The second-order valence-corrected chi connectivity index (χ2v) is 16.4. The maximum absolute atomic E-state index is 14.3. The van der Waals surface area contributed by atoms with E-state index in [1.54, 1.807) is 27.9 Å². The molecule has 0 aliphatic carbocycles. The zero-order valence-corrected chi connectivity index (χ0v) is 31.8. The number of nitrogens with zero attached hydrogens (tertiary/aromatic N) is 3. The average Bonchev–Trinajstić information content (AvgIpc) is 3.01. The highest BCUT2D eigenvalue weighted by Gasteiger charge is 2.51. The van der Waals surface area contributed by atoms with E-state index < -0.39 is 41.4 Å². The zero-order valence-electron chi connectivity index (χ0n) is 31.8. The summed E-state index contributed by atoms with van der Waals surface area (Å²) in [5.41, 5.74) is -2.30. The Balaban J connectivity index is 1.92. The summed E-state index contributed by atoms with van der Waals surface area (Å²) in [6.07, 6.45) is 1.73. The first-order valence-corrected chi connectivity index (χ1v) is 18.3. The summed E-state index contributed by atoms with van der Waals surface area (Å²) in [6, 6.07) is -0.102. The van der Waals surface area contributed by atoms with E-state index in [0.717, 1.165) is 52.0 Å². The highest BCUT2D eigenvalue weighted by molar-refractivity contribution is 6.04. The van der Waals surface area contributed by atoms with E-state index in [4.69, 9.17) is 18.9 Å². The SMILES string of the molecule is CCN1C[C@H](C)C[C@@](C)(OC)[C@H](O[C@@H]2O[C@H](C)C[C@H](N(C)C)[C@H]2O)[C@@H](C)C(=O)C(C)(C)C(=O)OC[C@H]1CC1CCN(CC(C)C)CC1. The lowest BCUT2D eigenvalue weighted by Gasteiger charge is -2.47. The molecule has 3 rings (SSSR count). The number of methoxy groups -OCH3 is 1.